The van der Waals surface area contributed by atoms with Crippen molar-refractivity contribution in [2.75, 3.05) is 27.2 Å². The van der Waals surface area contributed by atoms with Crippen LogP contribution in [0.3, 0.4) is 0 Å². The highest BCUT2D eigenvalue weighted by atomic mass is 32.2. The van der Waals surface area contributed by atoms with Gasteiger partial charge >= 0.3 is 0 Å². The minimum absolute atomic E-state index is 0.0292. The van der Waals surface area contributed by atoms with Gasteiger partial charge in [-0.15, -0.1) is 0 Å². The Bertz CT molecular complexity index is 684. The number of nitrogens with one attached hydrogen (secondary N) is 2. The van der Waals surface area contributed by atoms with Crippen molar-refractivity contribution in [1.29, 1.82) is 0 Å². The van der Waals surface area contributed by atoms with Gasteiger partial charge in [0.25, 0.3) is 5.91 Å². The summed E-state index contributed by atoms with van der Waals surface area (Å²) < 4.78 is 25.2. The van der Waals surface area contributed by atoms with E-state index in [-0.39, 0.29) is 22.9 Å². The lowest BCUT2D eigenvalue weighted by atomic mass is 10.1. The summed E-state index contributed by atoms with van der Waals surface area (Å²) in [6.45, 7) is 4.52. The standard InChI is InChI=1S/C16H25N3O4S/c1-12(2)8-9-17-15(20)11-18-16(21)13-6-5-7-14(10-13)24(22,23)19(3)4/h5-7,10,12H,8-9,11H2,1-4H3,(H,17,20)(H,18,21). The summed E-state index contributed by atoms with van der Waals surface area (Å²) in [7, 11) is -0.770. The zero-order chi connectivity index (χ0) is 18.3. The van der Waals surface area contributed by atoms with Crippen LogP contribution < -0.4 is 10.6 Å². The molecule has 0 unspecified atom stereocenters. The molecule has 0 saturated carbocycles. The van der Waals surface area contributed by atoms with Gasteiger partial charge in [-0.3, -0.25) is 9.59 Å². The third kappa shape index (κ3) is 5.93. The number of hydrogen-bond acceptors (Lipinski definition) is 4. The number of carbonyl (C=O) groups excluding carboxylic acids is 2. The van der Waals surface area contributed by atoms with E-state index in [9.17, 15) is 18.0 Å². The Morgan fingerprint density at radius 1 is 1.17 bits per heavy atom. The smallest absolute Gasteiger partial charge is 0.251 e. The van der Waals surface area contributed by atoms with E-state index in [0.29, 0.717) is 12.5 Å². The number of amides is 2. The first-order valence-corrected chi connectivity index (χ1v) is 9.16. The third-order valence-electron chi connectivity index (χ3n) is 3.33. The van der Waals surface area contributed by atoms with E-state index in [2.05, 4.69) is 24.5 Å². The Labute approximate surface area is 143 Å². The summed E-state index contributed by atoms with van der Waals surface area (Å²) in [5.41, 5.74) is 0.188. The van der Waals surface area contributed by atoms with Crippen LogP contribution in [-0.2, 0) is 14.8 Å². The van der Waals surface area contributed by atoms with Crippen LogP contribution in [0, 0.1) is 5.92 Å². The summed E-state index contributed by atoms with van der Waals surface area (Å²) in [6.07, 6.45) is 0.865. The summed E-state index contributed by atoms with van der Waals surface area (Å²) in [5.74, 6) is -0.285. The van der Waals surface area contributed by atoms with E-state index >= 15 is 0 Å². The highest BCUT2D eigenvalue weighted by molar-refractivity contribution is 7.89. The van der Waals surface area contributed by atoms with Crippen LogP contribution in [0.15, 0.2) is 29.2 Å². The fourth-order valence-corrected chi connectivity index (χ4v) is 2.78. The van der Waals surface area contributed by atoms with Crippen LogP contribution in [0.1, 0.15) is 30.6 Å². The molecule has 134 valence electrons. The molecule has 0 aliphatic heterocycles. The van der Waals surface area contributed by atoms with Crippen molar-refractivity contribution in [2.24, 2.45) is 5.92 Å². The zero-order valence-corrected chi connectivity index (χ0v) is 15.3. The highest BCUT2D eigenvalue weighted by Crippen LogP contribution is 2.14. The summed E-state index contributed by atoms with van der Waals surface area (Å²) in [5, 5.41) is 5.20. The predicted molar refractivity (Wildman–Crippen MR) is 92.1 cm³/mol. The molecule has 0 spiro atoms. The lowest BCUT2D eigenvalue weighted by Crippen LogP contribution is -2.37. The molecular weight excluding hydrogens is 330 g/mol. The average molecular weight is 355 g/mol. The summed E-state index contributed by atoms with van der Waals surface area (Å²) in [4.78, 5) is 23.8. The van der Waals surface area contributed by atoms with Crippen molar-refractivity contribution in [1.82, 2.24) is 14.9 Å². The van der Waals surface area contributed by atoms with E-state index in [4.69, 9.17) is 0 Å². The summed E-state index contributed by atoms with van der Waals surface area (Å²) >= 11 is 0. The van der Waals surface area contributed by atoms with Crippen molar-refractivity contribution in [3.8, 4) is 0 Å². The molecule has 0 aliphatic carbocycles. The van der Waals surface area contributed by atoms with E-state index in [0.717, 1.165) is 10.7 Å². The molecule has 0 heterocycles. The quantitative estimate of drug-likeness (QED) is 0.722. The van der Waals surface area contributed by atoms with Gasteiger partial charge < -0.3 is 10.6 Å². The van der Waals surface area contributed by atoms with Crippen molar-refractivity contribution in [3.63, 3.8) is 0 Å². The second-order valence-electron chi connectivity index (χ2n) is 6.03. The van der Waals surface area contributed by atoms with Crippen LogP contribution in [0.5, 0.6) is 0 Å². The van der Waals surface area contributed by atoms with E-state index in [1.165, 1.54) is 38.4 Å². The van der Waals surface area contributed by atoms with Crippen LogP contribution in [0.4, 0.5) is 0 Å². The predicted octanol–water partition coefficient (Wildman–Crippen LogP) is 0.829. The first-order chi connectivity index (χ1) is 11.1. The largest absolute Gasteiger partial charge is 0.355 e. The molecule has 0 aromatic heterocycles. The van der Waals surface area contributed by atoms with Gasteiger partial charge in [0.2, 0.25) is 15.9 Å². The second-order valence-corrected chi connectivity index (χ2v) is 8.18. The van der Waals surface area contributed by atoms with Crippen LogP contribution in [0.25, 0.3) is 0 Å². The van der Waals surface area contributed by atoms with E-state index in [1.807, 2.05) is 0 Å². The molecule has 8 heteroatoms. The fraction of sp³-hybridized carbons (Fsp3) is 0.500. The fourth-order valence-electron chi connectivity index (χ4n) is 1.83. The molecule has 2 amide bonds. The molecule has 0 saturated heterocycles. The van der Waals surface area contributed by atoms with Gasteiger partial charge in [-0.2, -0.15) is 0 Å². The lowest BCUT2D eigenvalue weighted by Gasteiger charge is -2.12. The minimum atomic E-state index is -3.61. The number of benzene rings is 1. The molecule has 2 N–H and O–H groups in total. The van der Waals surface area contributed by atoms with Crippen LogP contribution >= 0.6 is 0 Å². The molecule has 0 aliphatic rings. The molecule has 0 radical (unpaired) electrons. The number of sulfonamides is 1. The third-order valence-corrected chi connectivity index (χ3v) is 5.14. The van der Waals surface area contributed by atoms with Gasteiger partial charge in [-0.05, 0) is 30.5 Å². The van der Waals surface area contributed by atoms with Crippen molar-refractivity contribution in [2.45, 2.75) is 25.2 Å². The topological polar surface area (TPSA) is 95.6 Å². The van der Waals surface area contributed by atoms with Gasteiger partial charge in [0.1, 0.15) is 0 Å². The number of rotatable bonds is 8. The Morgan fingerprint density at radius 3 is 2.42 bits per heavy atom. The first kappa shape index (κ1) is 20.1. The van der Waals surface area contributed by atoms with Gasteiger partial charge in [0, 0.05) is 26.2 Å². The Kier molecular flexibility index (Phi) is 7.37. The molecule has 1 aromatic rings. The number of carbonyl (C=O) groups is 2. The maximum absolute atomic E-state index is 12.1. The molecule has 0 atom stereocenters. The van der Waals surface area contributed by atoms with Crippen LogP contribution in [-0.4, -0.2) is 51.7 Å². The first-order valence-electron chi connectivity index (χ1n) is 7.72. The van der Waals surface area contributed by atoms with Crippen molar-refractivity contribution in [3.05, 3.63) is 29.8 Å². The van der Waals surface area contributed by atoms with Gasteiger partial charge in [0.05, 0.1) is 11.4 Å². The number of nitrogens with zero attached hydrogens (tertiary/aromatic N) is 1. The Morgan fingerprint density at radius 2 is 1.83 bits per heavy atom. The molecular formula is C16H25N3O4S. The highest BCUT2D eigenvalue weighted by Gasteiger charge is 2.18. The molecule has 7 nitrogen and oxygen atoms in total. The lowest BCUT2D eigenvalue weighted by molar-refractivity contribution is -0.120. The maximum Gasteiger partial charge on any atom is 0.251 e. The molecule has 0 fully saturated rings. The Balaban J connectivity index is 2.65. The summed E-state index contributed by atoms with van der Waals surface area (Å²) in [6, 6.07) is 5.71. The molecule has 1 aromatic carbocycles. The van der Waals surface area contributed by atoms with E-state index in [1.54, 1.807) is 0 Å². The van der Waals surface area contributed by atoms with Gasteiger partial charge in [-0.1, -0.05) is 19.9 Å². The van der Waals surface area contributed by atoms with Crippen LogP contribution in [0.2, 0.25) is 0 Å². The number of hydrogen-bond donors (Lipinski definition) is 2. The maximum atomic E-state index is 12.1. The normalized spacial score (nSPS) is 11.6. The van der Waals surface area contributed by atoms with Gasteiger partial charge in [-0.25, -0.2) is 12.7 Å². The monoisotopic (exact) mass is 355 g/mol. The Hall–Kier alpha value is -1.93. The second kappa shape index (κ2) is 8.79. The SMILES string of the molecule is CC(C)CCNC(=O)CNC(=O)c1cccc(S(=O)(=O)N(C)C)c1. The van der Waals surface area contributed by atoms with Crippen molar-refractivity contribution < 1.29 is 18.0 Å². The average Bonchev–Trinajstić information content (AvgIpc) is 2.52. The molecule has 24 heavy (non-hydrogen) atoms. The van der Waals surface area contributed by atoms with Crippen molar-refractivity contribution >= 4 is 21.8 Å². The van der Waals surface area contributed by atoms with E-state index < -0.39 is 15.9 Å². The van der Waals surface area contributed by atoms with Gasteiger partial charge in [0.15, 0.2) is 0 Å². The molecule has 1 rings (SSSR count). The molecule has 0 bridgehead atoms. The minimum Gasteiger partial charge on any atom is -0.355 e. The zero-order valence-electron chi connectivity index (χ0n) is 14.5.